The van der Waals surface area contributed by atoms with Crippen molar-refractivity contribution >= 4 is 44.1 Å². The Kier molecular flexibility index (Phi) is 6.52. The summed E-state index contributed by atoms with van der Waals surface area (Å²) in [5, 5.41) is 3.82. The minimum atomic E-state index is -3.99. The third-order valence-corrected chi connectivity index (χ3v) is 6.82. The van der Waals surface area contributed by atoms with E-state index in [0.717, 1.165) is 17.4 Å². The predicted molar refractivity (Wildman–Crippen MR) is 118 cm³/mol. The molecular weight excluding hydrogens is 426 g/mol. The van der Waals surface area contributed by atoms with Crippen LogP contribution in [0.3, 0.4) is 0 Å². The number of halogens is 1. The maximum Gasteiger partial charge on any atom is 0.266 e. The van der Waals surface area contributed by atoms with Gasteiger partial charge in [-0.3, -0.25) is 9.63 Å². The number of amides is 1. The van der Waals surface area contributed by atoms with Crippen LogP contribution >= 0.6 is 11.6 Å². The van der Waals surface area contributed by atoms with E-state index < -0.39 is 15.9 Å². The SMILES string of the molecule is CON(C)S(=O)(=O)c1cc(C(=O)Nc2ccc3c(ccn3CC(C)C)c2)ccc1Cl. The third kappa shape index (κ3) is 4.52. The number of benzene rings is 2. The molecule has 0 radical (unpaired) electrons. The largest absolute Gasteiger partial charge is 0.347 e. The first-order chi connectivity index (χ1) is 14.1. The quantitative estimate of drug-likeness (QED) is 0.542. The number of nitrogens with one attached hydrogen (secondary N) is 1. The average Bonchev–Trinajstić information content (AvgIpc) is 3.08. The minimum absolute atomic E-state index is 0.00311. The molecule has 0 spiro atoms. The van der Waals surface area contributed by atoms with Gasteiger partial charge in [-0.15, -0.1) is 0 Å². The Hall–Kier alpha value is -2.39. The summed E-state index contributed by atoms with van der Waals surface area (Å²) in [6, 6.07) is 11.8. The third-order valence-electron chi connectivity index (χ3n) is 4.66. The van der Waals surface area contributed by atoms with E-state index >= 15 is 0 Å². The van der Waals surface area contributed by atoms with Crippen molar-refractivity contribution in [1.82, 2.24) is 9.04 Å². The zero-order valence-corrected chi connectivity index (χ0v) is 18.8. The summed E-state index contributed by atoms with van der Waals surface area (Å²) in [5.74, 6) is 0.0802. The molecular formula is C21H24ClN3O4S. The molecule has 30 heavy (non-hydrogen) atoms. The van der Waals surface area contributed by atoms with Crippen LogP contribution in [0.5, 0.6) is 0 Å². The summed E-state index contributed by atoms with van der Waals surface area (Å²) in [6.07, 6.45) is 2.03. The van der Waals surface area contributed by atoms with Gasteiger partial charge in [0.1, 0.15) is 4.90 Å². The Bertz CT molecular complexity index is 1190. The molecule has 7 nitrogen and oxygen atoms in total. The number of hydroxylamine groups is 1. The fourth-order valence-electron chi connectivity index (χ4n) is 3.11. The van der Waals surface area contributed by atoms with Crippen molar-refractivity contribution < 1.29 is 18.0 Å². The Morgan fingerprint density at radius 2 is 1.93 bits per heavy atom. The number of anilines is 1. The summed E-state index contributed by atoms with van der Waals surface area (Å²) in [6.45, 7) is 5.23. The van der Waals surface area contributed by atoms with Gasteiger partial charge >= 0.3 is 0 Å². The molecule has 3 aromatic rings. The van der Waals surface area contributed by atoms with Gasteiger partial charge in [0.2, 0.25) is 0 Å². The van der Waals surface area contributed by atoms with E-state index in [1.807, 2.05) is 30.5 Å². The van der Waals surface area contributed by atoms with Crippen LogP contribution in [-0.2, 0) is 21.4 Å². The molecule has 9 heteroatoms. The predicted octanol–water partition coefficient (Wildman–Crippen LogP) is 4.38. The molecule has 3 rings (SSSR count). The molecule has 0 fully saturated rings. The standard InChI is InChI=1S/C21H24ClN3O4S/c1-14(2)13-25-10-9-15-11-17(6-8-19(15)25)23-21(26)16-5-7-18(22)20(12-16)30(27,28)24(3)29-4/h5-12,14H,13H2,1-4H3,(H,23,26). The molecule has 1 N–H and O–H groups in total. The van der Waals surface area contributed by atoms with E-state index in [1.165, 1.54) is 32.4 Å². The van der Waals surface area contributed by atoms with Gasteiger partial charge in [-0.2, -0.15) is 0 Å². The maximum absolute atomic E-state index is 12.7. The Morgan fingerprint density at radius 3 is 2.60 bits per heavy atom. The van der Waals surface area contributed by atoms with Crippen LogP contribution in [0, 0.1) is 5.92 Å². The highest BCUT2D eigenvalue weighted by Crippen LogP contribution is 2.26. The highest BCUT2D eigenvalue weighted by atomic mass is 35.5. The molecule has 0 bridgehead atoms. The second kappa shape index (κ2) is 8.77. The molecule has 0 aliphatic heterocycles. The lowest BCUT2D eigenvalue weighted by Crippen LogP contribution is -2.26. The molecule has 1 amide bonds. The molecule has 0 atom stereocenters. The monoisotopic (exact) mass is 449 g/mol. The van der Waals surface area contributed by atoms with E-state index in [-0.39, 0.29) is 15.5 Å². The molecule has 0 aliphatic carbocycles. The summed E-state index contributed by atoms with van der Waals surface area (Å²) in [4.78, 5) is 17.3. The first-order valence-corrected chi connectivity index (χ1v) is 11.2. The zero-order chi connectivity index (χ0) is 22.1. The number of hydrogen-bond acceptors (Lipinski definition) is 4. The summed E-state index contributed by atoms with van der Waals surface area (Å²) in [5.41, 5.74) is 1.87. The van der Waals surface area contributed by atoms with Crippen molar-refractivity contribution in [3.05, 3.63) is 59.2 Å². The van der Waals surface area contributed by atoms with Gasteiger partial charge in [-0.05, 0) is 48.4 Å². The van der Waals surface area contributed by atoms with Gasteiger partial charge in [0.15, 0.2) is 0 Å². The number of carbonyl (C=O) groups excluding carboxylic acids is 1. The Labute approximate surface area is 181 Å². The van der Waals surface area contributed by atoms with Crippen LogP contribution < -0.4 is 5.32 Å². The van der Waals surface area contributed by atoms with Gasteiger partial charge in [-0.1, -0.05) is 29.9 Å². The summed E-state index contributed by atoms with van der Waals surface area (Å²) in [7, 11) is -1.51. The normalized spacial score (nSPS) is 12.1. The molecule has 0 unspecified atom stereocenters. The van der Waals surface area contributed by atoms with Crippen LogP contribution in [0.1, 0.15) is 24.2 Å². The molecule has 1 heterocycles. The fourth-order valence-corrected chi connectivity index (χ4v) is 4.59. The lowest BCUT2D eigenvalue weighted by Gasteiger charge is -2.16. The van der Waals surface area contributed by atoms with Crippen LogP contribution in [0.4, 0.5) is 5.69 Å². The number of hydrogen-bond donors (Lipinski definition) is 1. The van der Waals surface area contributed by atoms with Crippen LogP contribution in [0.2, 0.25) is 5.02 Å². The first-order valence-electron chi connectivity index (χ1n) is 9.36. The van der Waals surface area contributed by atoms with Gasteiger partial charge in [-0.25, -0.2) is 8.42 Å². The van der Waals surface area contributed by atoms with Gasteiger partial charge in [0.25, 0.3) is 15.9 Å². The summed E-state index contributed by atoms with van der Waals surface area (Å²) < 4.78 is 27.9. The molecule has 0 saturated heterocycles. The van der Waals surface area contributed by atoms with E-state index in [4.69, 9.17) is 16.4 Å². The first kappa shape index (κ1) is 22.3. The number of carbonyl (C=O) groups is 1. The molecule has 2 aromatic carbocycles. The van der Waals surface area contributed by atoms with Gasteiger partial charge < -0.3 is 9.88 Å². The smallest absolute Gasteiger partial charge is 0.266 e. The fraction of sp³-hybridized carbons (Fsp3) is 0.286. The second-order valence-electron chi connectivity index (χ2n) is 7.33. The second-order valence-corrected chi connectivity index (χ2v) is 9.64. The van der Waals surface area contributed by atoms with Crippen LogP contribution in [0.15, 0.2) is 53.6 Å². The Morgan fingerprint density at radius 1 is 1.20 bits per heavy atom. The van der Waals surface area contributed by atoms with Crippen molar-refractivity contribution in [2.45, 2.75) is 25.3 Å². The molecule has 1 aromatic heterocycles. The van der Waals surface area contributed by atoms with E-state index in [0.29, 0.717) is 16.1 Å². The van der Waals surface area contributed by atoms with E-state index in [2.05, 4.69) is 23.7 Å². The van der Waals surface area contributed by atoms with E-state index in [9.17, 15) is 13.2 Å². The molecule has 0 aliphatic rings. The lowest BCUT2D eigenvalue weighted by atomic mass is 10.2. The zero-order valence-electron chi connectivity index (χ0n) is 17.2. The van der Waals surface area contributed by atoms with Crippen molar-refractivity contribution in [3.8, 4) is 0 Å². The highest BCUT2D eigenvalue weighted by Gasteiger charge is 2.25. The van der Waals surface area contributed by atoms with Gasteiger partial charge in [0.05, 0.1) is 12.1 Å². The van der Waals surface area contributed by atoms with Crippen molar-refractivity contribution in [2.75, 3.05) is 19.5 Å². The van der Waals surface area contributed by atoms with E-state index in [1.54, 1.807) is 0 Å². The number of rotatable bonds is 7. The maximum atomic E-state index is 12.7. The van der Waals surface area contributed by atoms with Gasteiger partial charge in [0, 0.05) is 41.9 Å². The molecule has 160 valence electrons. The Balaban J connectivity index is 1.87. The topological polar surface area (TPSA) is 80.6 Å². The number of nitrogens with zero attached hydrogens (tertiary/aromatic N) is 2. The highest BCUT2D eigenvalue weighted by molar-refractivity contribution is 7.89. The lowest BCUT2D eigenvalue weighted by molar-refractivity contribution is -0.0258. The average molecular weight is 450 g/mol. The molecule has 0 saturated carbocycles. The number of aromatic nitrogens is 1. The van der Waals surface area contributed by atoms with Crippen LogP contribution in [0.25, 0.3) is 10.9 Å². The number of sulfonamides is 1. The van der Waals surface area contributed by atoms with Crippen molar-refractivity contribution in [2.24, 2.45) is 5.92 Å². The minimum Gasteiger partial charge on any atom is -0.347 e. The van der Waals surface area contributed by atoms with Crippen molar-refractivity contribution in [1.29, 1.82) is 0 Å². The summed E-state index contributed by atoms with van der Waals surface area (Å²) >= 11 is 6.05. The van der Waals surface area contributed by atoms with Crippen LogP contribution in [-0.4, -0.2) is 37.5 Å². The van der Waals surface area contributed by atoms with Crippen molar-refractivity contribution in [3.63, 3.8) is 0 Å². The number of fused-ring (bicyclic) bond motifs is 1.